The molecule has 2 aliphatic rings. The van der Waals surface area contributed by atoms with Gasteiger partial charge in [-0.3, -0.25) is 24.7 Å². The second-order valence-electron chi connectivity index (χ2n) is 8.70. The van der Waals surface area contributed by atoms with Crippen LogP contribution >= 0.6 is 11.3 Å². The molecule has 1 amide bonds. The summed E-state index contributed by atoms with van der Waals surface area (Å²) in [5, 5.41) is 12.1. The molecule has 196 valence electrons. The number of carbonyl (C=O) groups is 1. The number of amides is 1. The lowest BCUT2D eigenvalue weighted by Gasteiger charge is -2.30. The lowest BCUT2D eigenvalue weighted by atomic mass is 10.1. The summed E-state index contributed by atoms with van der Waals surface area (Å²) >= 11 is 0.994. The molecule has 13 heteroatoms. The van der Waals surface area contributed by atoms with Crippen LogP contribution in [0.2, 0.25) is 0 Å². The zero-order valence-corrected chi connectivity index (χ0v) is 20.7. The van der Waals surface area contributed by atoms with E-state index in [-0.39, 0.29) is 33.1 Å². The fraction of sp³-hybridized carbons (Fsp3) is 0.417. The molecule has 2 saturated heterocycles. The molecule has 2 fully saturated rings. The molecule has 0 saturated carbocycles. The average molecular weight is 534 g/mol. The molecule has 1 aromatic heterocycles. The Bertz CT molecular complexity index is 1310. The number of fused-ring (bicyclic) bond motifs is 1. The van der Waals surface area contributed by atoms with Crippen LogP contribution in [0.1, 0.15) is 10.4 Å². The van der Waals surface area contributed by atoms with E-state index in [4.69, 9.17) is 9.47 Å². The topological polar surface area (TPSA) is 101 Å². The summed E-state index contributed by atoms with van der Waals surface area (Å²) in [6.45, 7) is 5.19. The number of nitro groups is 1. The van der Waals surface area contributed by atoms with Crippen LogP contribution in [0.3, 0.4) is 0 Å². The van der Waals surface area contributed by atoms with Crippen LogP contribution in [0.25, 0.3) is 10.2 Å². The fourth-order valence-corrected chi connectivity index (χ4v) is 5.47. The highest BCUT2D eigenvalue weighted by atomic mass is 32.1. The summed E-state index contributed by atoms with van der Waals surface area (Å²) in [4.78, 5) is 34.8. The highest BCUT2D eigenvalue weighted by Gasteiger charge is 2.28. The van der Waals surface area contributed by atoms with Gasteiger partial charge in [0.15, 0.2) is 10.9 Å². The number of morpholine rings is 2. The van der Waals surface area contributed by atoms with Gasteiger partial charge in [0.2, 0.25) is 0 Å². The quantitative estimate of drug-likeness (QED) is 0.337. The van der Waals surface area contributed by atoms with Crippen molar-refractivity contribution in [1.29, 1.82) is 0 Å². The smallest absolute Gasteiger partial charge is 0.293 e. The van der Waals surface area contributed by atoms with Gasteiger partial charge in [-0.1, -0.05) is 11.3 Å². The standard InChI is InChI=1S/C24H25F2N5O5S/c25-17-14-18(26)22-21(15-17)37-24(27-22)30(4-3-28-5-9-35-10-6-28)23(32)16-1-2-19(20(13-16)31(33)34)29-7-11-36-12-8-29/h1-2,13-15H,3-12H2. The Kier molecular flexibility index (Phi) is 7.55. The number of nitro benzene ring substituents is 1. The van der Waals surface area contributed by atoms with Crippen LogP contribution in [-0.2, 0) is 9.47 Å². The van der Waals surface area contributed by atoms with Gasteiger partial charge < -0.3 is 14.4 Å². The fourth-order valence-electron chi connectivity index (χ4n) is 4.44. The Morgan fingerprint density at radius 1 is 1.08 bits per heavy atom. The van der Waals surface area contributed by atoms with Gasteiger partial charge in [-0.05, 0) is 18.2 Å². The molecule has 10 nitrogen and oxygen atoms in total. The van der Waals surface area contributed by atoms with E-state index in [0.29, 0.717) is 64.8 Å². The van der Waals surface area contributed by atoms with Crippen molar-refractivity contribution in [2.24, 2.45) is 0 Å². The molecule has 37 heavy (non-hydrogen) atoms. The molecule has 0 unspecified atom stereocenters. The molecule has 5 rings (SSSR count). The van der Waals surface area contributed by atoms with Crippen molar-refractivity contribution in [2.45, 2.75) is 0 Å². The minimum Gasteiger partial charge on any atom is -0.379 e. The summed E-state index contributed by atoms with van der Waals surface area (Å²) in [6.07, 6.45) is 0. The third kappa shape index (κ3) is 5.54. The number of benzene rings is 2. The number of hydrogen-bond donors (Lipinski definition) is 0. The molecule has 2 aliphatic heterocycles. The number of anilines is 2. The first-order chi connectivity index (χ1) is 17.9. The minimum absolute atomic E-state index is 0.0285. The van der Waals surface area contributed by atoms with E-state index in [1.807, 2.05) is 4.90 Å². The largest absolute Gasteiger partial charge is 0.379 e. The van der Waals surface area contributed by atoms with Crippen molar-refractivity contribution >= 4 is 44.0 Å². The van der Waals surface area contributed by atoms with Crippen LogP contribution in [0, 0.1) is 21.7 Å². The van der Waals surface area contributed by atoms with Crippen LogP contribution in [-0.4, -0.2) is 86.4 Å². The van der Waals surface area contributed by atoms with Gasteiger partial charge in [0.25, 0.3) is 11.6 Å². The first-order valence-electron chi connectivity index (χ1n) is 11.9. The van der Waals surface area contributed by atoms with Crippen LogP contribution < -0.4 is 9.80 Å². The van der Waals surface area contributed by atoms with E-state index < -0.39 is 22.5 Å². The molecule has 0 atom stereocenters. The molecule has 3 aromatic rings. The number of thiazole rings is 1. The SMILES string of the molecule is O=C(c1ccc(N2CCOCC2)c([N+](=O)[O-])c1)N(CCN1CCOCC1)c1nc2c(F)cc(F)cc2s1. The van der Waals surface area contributed by atoms with Gasteiger partial charge in [-0.15, -0.1) is 0 Å². The number of carbonyl (C=O) groups excluding carboxylic acids is 1. The Balaban J connectivity index is 1.49. The van der Waals surface area contributed by atoms with Gasteiger partial charge >= 0.3 is 0 Å². The molecule has 0 radical (unpaired) electrons. The highest BCUT2D eigenvalue weighted by molar-refractivity contribution is 7.22. The molecular formula is C24H25F2N5O5S. The third-order valence-electron chi connectivity index (χ3n) is 6.39. The normalized spacial score (nSPS) is 16.8. The van der Waals surface area contributed by atoms with E-state index in [1.54, 1.807) is 12.1 Å². The summed E-state index contributed by atoms with van der Waals surface area (Å²) in [5.74, 6) is -2.06. The Morgan fingerprint density at radius 2 is 1.78 bits per heavy atom. The van der Waals surface area contributed by atoms with Crippen molar-refractivity contribution in [3.8, 4) is 0 Å². The van der Waals surface area contributed by atoms with Gasteiger partial charge in [0.1, 0.15) is 17.0 Å². The van der Waals surface area contributed by atoms with E-state index in [2.05, 4.69) is 9.88 Å². The summed E-state index contributed by atoms with van der Waals surface area (Å²) < 4.78 is 39.2. The number of aromatic nitrogens is 1. The van der Waals surface area contributed by atoms with Gasteiger partial charge in [-0.2, -0.15) is 0 Å². The van der Waals surface area contributed by atoms with E-state index in [0.717, 1.165) is 17.4 Å². The Morgan fingerprint density at radius 3 is 2.49 bits per heavy atom. The maximum Gasteiger partial charge on any atom is 0.293 e. The van der Waals surface area contributed by atoms with Crippen LogP contribution in [0.15, 0.2) is 30.3 Å². The molecule has 0 aliphatic carbocycles. The number of hydrogen-bond acceptors (Lipinski definition) is 9. The molecule has 3 heterocycles. The van der Waals surface area contributed by atoms with Gasteiger partial charge in [0.05, 0.1) is 36.1 Å². The maximum atomic E-state index is 14.4. The first-order valence-corrected chi connectivity index (χ1v) is 12.7. The first kappa shape index (κ1) is 25.4. The average Bonchev–Trinajstić information content (AvgIpc) is 3.33. The monoisotopic (exact) mass is 533 g/mol. The van der Waals surface area contributed by atoms with Crippen molar-refractivity contribution < 1.29 is 28.0 Å². The number of rotatable bonds is 7. The lowest BCUT2D eigenvalue weighted by molar-refractivity contribution is -0.384. The van der Waals surface area contributed by atoms with Crippen LogP contribution in [0.5, 0.6) is 0 Å². The summed E-state index contributed by atoms with van der Waals surface area (Å²) in [7, 11) is 0. The number of ether oxygens (including phenoxy) is 2. The van der Waals surface area contributed by atoms with Crippen LogP contribution in [0.4, 0.5) is 25.3 Å². The van der Waals surface area contributed by atoms with Crippen molar-refractivity contribution in [1.82, 2.24) is 9.88 Å². The lowest BCUT2D eigenvalue weighted by Crippen LogP contribution is -2.43. The molecular weight excluding hydrogens is 508 g/mol. The van der Waals surface area contributed by atoms with Crippen molar-refractivity contribution in [3.05, 3.63) is 57.6 Å². The second-order valence-corrected chi connectivity index (χ2v) is 9.71. The molecule has 0 bridgehead atoms. The molecule has 0 spiro atoms. The second kappa shape index (κ2) is 11.0. The molecule has 0 N–H and O–H groups in total. The third-order valence-corrected chi connectivity index (χ3v) is 7.42. The predicted octanol–water partition coefficient (Wildman–Crippen LogP) is 3.30. The highest BCUT2D eigenvalue weighted by Crippen LogP contribution is 2.34. The zero-order chi connectivity index (χ0) is 25.9. The number of nitrogens with zero attached hydrogens (tertiary/aromatic N) is 5. The van der Waals surface area contributed by atoms with E-state index in [9.17, 15) is 23.7 Å². The Hall–Kier alpha value is -3.26. The Labute approximate surface area is 215 Å². The van der Waals surface area contributed by atoms with Crippen molar-refractivity contribution in [3.63, 3.8) is 0 Å². The predicted molar refractivity (Wildman–Crippen MR) is 135 cm³/mol. The van der Waals surface area contributed by atoms with E-state index >= 15 is 0 Å². The van der Waals surface area contributed by atoms with Gasteiger partial charge in [-0.25, -0.2) is 13.8 Å². The maximum absolute atomic E-state index is 14.4. The van der Waals surface area contributed by atoms with Crippen molar-refractivity contribution in [2.75, 3.05) is 75.5 Å². The van der Waals surface area contributed by atoms with E-state index in [1.165, 1.54) is 17.0 Å². The summed E-state index contributed by atoms with van der Waals surface area (Å²) in [5.41, 5.74) is 0.316. The zero-order valence-electron chi connectivity index (χ0n) is 19.9. The molecule has 2 aromatic carbocycles. The minimum atomic E-state index is -0.816. The summed E-state index contributed by atoms with van der Waals surface area (Å²) in [6, 6.07) is 6.31. The number of halogens is 2. The van der Waals surface area contributed by atoms with Gasteiger partial charge in [0, 0.05) is 57.0 Å².